The van der Waals surface area contributed by atoms with Gasteiger partial charge in [0.05, 0.1) is 0 Å². The molecule has 3 aromatic rings. The fraction of sp³-hybridized carbons (Fsp3) is 0. The number of rotatable bonds is 3. The van der Waals surface area contributed by atoms with Crippen LogP contribution in [0, 0.1) is 0 Å². The van der Waals surface area contributed by atoms with E-state index in [2.05, 4.69) is 10.2 Å². The van der Waals surface area contributed by atoms with Gasteiger partial charge in [-0.25, -0.2) is 0 Å². The fourth-order valence-electron chi connectivity index (χ4n) is 1.88. The third kappa shape index (κ3) is 2.46. The predicted octanol–water partition coefficient (Wildman–Crippen LogP) is 3.78. The molecule has 0 atom stereocenters. The van der Waals surface area contributed by atoms with E-state index in [4.69, 9.17) is 16.0 Å². The highest BCUT2D eigenvalue weighted by atomic mass is 35.5. The van der Waals surface area contributed by atoms with Crippen LogP contribution in [0.15, 0.2) is 59.0 Å². The van der Waals surface area contributed by atoms with Crippen molar-refractivity contribution in [2.75, 3.05) is 0 Å². The van der Waals surface area contributed by atoms with E-state index in [1.54, 1.807) is 0 Å². The van der Waals surface area contributed by atoms with Gasteiger partial charge in [0.1, 0.15) is 0 Å². The van der Waals surface area contributed by atoms with Crippen molar-refractivity contribution in [2.45, 2.75) is 0 Å². The Morgan fingerprint density at radius 2 is 1.60 bits per heavy atom. The van der Waals surface area contributed by atoms with E-state index >= 15 is 0 Å². The van der Waals surface area contributed by atoms with Crippen molar-refractivity contribution in [3.05, 3.63) is 60.5 Å². The zero-order chi connectivity index (χ0) is 13.9. The highest BCUT2D eigenvalue weighted by molar-refractivity contribution is 6.67. The lowest BCUT2D eigenvalue weighted by Gasteiger charge is -2.02. The maximum Gasteiger partial charge on any atom is 0.309 e. The van der Waals surface area contributed by atoms with Crippen LogP contribution in [-0.4, -0.2) is 15.4 Å². The van der Waals surface area contributed by atoms with E-state index in [1.165, 1.54) is 0 Å². The largest absolute Gasteiger partial charge is 0.413 e. The van der Waals surface area contributed by atoms with Crippen LogP contribution >= 0.6 is 11.6 Å². The number of nitrogens with zero attached hydrogens (tertiary/aromatic N) is 2. The lowest BCUT2D eigenvalue weighted by Crippen LogP contribution is -1.86. The molecule has 5 heteroatoms. The van der Waals surface area contributed by atoms with E-state index in [1.807, 2.05) is 54.6 Å². The Morgan fingerprint density at radius 3 is 2.30 bits per heavy atom. The highest BCUT2D eigenvalue weighted by Gasteiger charge is 2.13. The molecule has 0 radical (unpaired) electrons. The summed E-state index contributed by atoms with van der Waals surface area (Å²) in [4.78, 5) is 10.9. The van der Waals surface area contributed by atoms with Gasteiger partial charge in [-0.3, -0.25) is 4.79 Å². The Labute approximate surface area is 120 Å². The minimum absolute atomic E-state index is 0.202. The summed E-state index contributed by atoms with van der Waals surface area (Å²) in [5.74, 6) is 0.0681. The maximum atomic E-state index is 10.9. The molecule has 0 aliphatic heterocycles. The quantitative estimate of drug-likeness (QED) is 0.687. The summed E-state index contributed by atoms with van der Waals surface area (Å²) in [6.45, 7) is 0. The molecule has 2 aromatic carbocycles. The van der Waals surface area contributed by atoms with Crippen LogP contribution in [0.5, 0.6) is 0 Å². The summed E-state index contributed by atoms with van der Waals surface area (Å²) in [7, 11) is 0. The Morgan fingerprint density at radius 1 is 0.900 bits per heavy atom. The summed E-state index contributed by atoms with van der Waals surface area (Å²) < 4.78 is 5.22. The van der Waals surface area contributed by atoms with Crippen molar-refractivity contribution in [1.82, 2.24) is 10.2 Å². The van der Waals surface area contributed by atoms with Crippen molar-refractivity contribution < 1.29 is 9.21 Å². The van der Waals surface area contributed by atoms with Gasteiger partial charge in [0.25, 0.3) is 0 Å². The maximum absolute atomic E-state index is 10.9. The topological polar surface area (TPSA) is 56.0 Å². The lowest BCUT2D eigenvalue weighted by molar-refractivity contribution is 0.105. The second-order valence-electron chi connectivity index (χ2n) is 4.13. The molecule has 4 nitrogen and oxygen atoms in total. The molecule has 20 heavy (non-hydrogen) atoms. The smallest absolute Gasteiger partial charge is 0.309 e. The number of carbonyl (C=O) groups is 1. The molecule has 3 rings (SSSR count). The predicted molar refractivity (Wildman–Crippen MR) is 75.4 cm³/mol. The van der Waals surface area contributed by atoms with Crippen molar-refractivity contribution in [3.63, 3.8) is 0 Å². The monoisotopic (exact) mass is 284 g/mol. The lowest BCUT2D eigenvalue weighted by atomic mass is 10.0. The number of aromatic nitrogens is 2. The number of halogens is 1. The van der Waals surface area contributed by atoms with Crippen molar-refractivity contribution >= 4 is 16.8 Å². The molecule has 0 saturated heterocycles. The molecule has 98 valence electrons. The summed E-state index contributed by atoms with van der Waals surface area (Å²) in [5, 5.41) is 6.66. The first kappa shape index (κ1) is 12.6. The molecule has 0 bridgehead atoms. The molecule has 1 aromatic heterocycles. The van der Waals surface area contributed by atoms with Crippen LogP contribution < -0.4 is 0 Å². The Hall–Kier alpha value is -2.46. The molecule has 0 saturated carbocycles. The summed E-state index contributed by atoms with van der Waals surface area (Å²) >= 11 is 5.30. The second kappa shape index (κ2) is 5.27. The third-order valence-corrected chi connectivity index (χ3v) is 2.97. The van der Waals surface area contributed by atoms with E-state index in [0.29, 0.717) is 0 Å². The molecule has 0 spiro atoms. The van der Waals surface area contributed by atoms with Crippen LogP contribution in [0.1, 0.15) is 10.7 Å². The Bertz CT molecular complexity index is 753. The van der Waals surface area contributed by atoms with E-state index in [-0.39, 0.29) is 11.8 Å². The number of hydrogen-bond donors (Lipinski definition) is 0. The zero-order valence-corrected chi connectivity index (χ0v) is 11.0. The van der Waals surface area contributed by atoms with Crippen LogP contribution in [0.3, 0.4) is 0 Å². The van der Waals surface area contributed by atoms with Gasteiger partial charge in [0.2, 0.25) is 5.89 Å². The first-order chi connectivity index (χ1) is 9.74. The Kier molecular flexibility index (Phi) is 3.31. The van der Waals surface area contributed by atoms with E-state index in [9.17, 15) is 4.79 Å². The molecule has 0 amide bonds. The van der Waals surface area contributed by atoms with E-state index < -0.39 is 5.24 Å². The van der Waals surface area contributed by atoms with Gasteiger partial charge in [-0.1, -0.05) is 42.5 Å². The fourth-order valence-corrected chi connectivity index (χ4v) is 1.96. The van der Waals surface area contributed by atoms with Gasteiger partial charge in [-0.2, -0.15) is 0 Å². The molecule has 1 heterocycles. The summed E-state index contributed by atoms with van der Waals surface area (Å²) in [6, 6.07) is 17.6. The van der Waals surface area contributed by atoms with Crippen LogP contribution in [0.4, 0.5) is 0 Å². The average Bonchev–Trinajstić information content (AvgIpc) is 2.98. The number of carbonyl (C=O) groups excluding carboxylic acids is 1. The number of benzene rings is 2. The highest BCUT2D eigenvalue weighted by Crippen LogP contribution is 2.25. The van der Waals surface area contributed by atoms with Gasteiger partial charge >= 0.3 is 11.1 Å². The average molecular weight is 285 g/mol. The molecule has 0 aliphatic rings. The van der Waals surface area contributed by atoms with Gasteiger partial charge in [0, 0.05) is 5.56 Å². The molecular formula is C15H9ClN2O2. The van der Waals surface area contributed by atoms with Crippen molar-refractivity contribution in [2.24, 2.45) is 0 Å². The van der Waals surface area contributed by atoms with Crippen LogP contribution in [0.2, 0.25) is 0 Å². The minimum Gasteiger partial charge on any atom is -0.413 e. The van der Waals surface area contributed by atoms with Gasteiger partial charge in [-0.05, 0) is 34.9 Å². The van der Waals surface area contributed by atoms with Crippen LogP contribution in [-0.2, 0) is 0 Å². The molecule has 0 fully saturated rings. The molecular weight excluding hydrogens is 276 g/mol. The van der Waals surface area contributed by atoms with Crippen LogP contribution in [0.25, 0.3) is 22.6 Å². The summed E-state index contributed by atoms with van der Waals surface area (Å²) in [6.07, 6.45) is 0. The SMILES string of the molecule is O=C(Cl)c1nnc(-c2cccc(-c3ccccc3)c2)o1. The van der Waals surface area contributed by atoms with Gasteiger partial charge in [0.15, 0.2) is 0 Å². The summed E-state index contributed by atoms with van der Waals surface area (Å²) in [5.41, 5.74) is 2.85. The second-order valence-corrected chi connectivity index (χ2v) is 4.48. The Balaban J connectivity index is 2.01. The molecule has 0 N–H and O–H groups in total. The van der Waals surface area contributed by atoms with E-state index in [0.717, 1.165) is 16.7 Å². The molecule has 0 unspecified atom stereocenters. The first-order valence-electron chi connectivity index (χ1n) is 5.93. The minimum atomic E-state index is -0.761. The standard InChI is InChI=1S/C15H9ClN2O2/c16-13(19)15-18-17-14(20-15)12-8-4-7-11(9-12)10-5-2-1-3-6-10/h1-9H. The number of hydrogen-bond acceptors (Lipinski definition) is 4. The van der Waals surface area contributed by atoms with Crippen molar-refractivity contribution in [1.29, 1.82) is 0 Å². The molecule has 0 aliphatic carbocycles. The van der Waals surface area contributed by atoms with Gasteiger partial charge < -0.3 is 4.42 Å². The normalized spacial score (nSPS) is 10.4. The zero-order valence-electron chi connectivity index (χ0n) is 10.3. The van der Waals surface area contributed by atoms with Crippen molar-refractivity contribution in [3.8, 4) is 22.6 Å². The first-order valence-corrected chi connectivity index (χ1v) is 6.31. The third-order valence-electron chi connectivity index (χ3n) is 2.81. The van der Waals surface area contributed by atoms with Gasteiger partial charge in [-0.15, -0.1) is 10.2 Å².